The van der Waals surface area contributed by atoms with Gasteiger partial charge >= 0.3 is 21.7 Å². The molecule has 0 bridgehead atoms. The number of aliphatic carboxylic acids is 2. The zero-order valence-electron chi connectivity index (χ0n) is 15.8. The van der Waals surface area contributed by atoms with E-state index < -0.39 is 24.8 Å². The van der Waals surface area contributed by atoms with E-state index >= 15 is 0 Å². The van der Waals surface area contributed by atoms with Crippen LogP contribution in [0.5, 0.6) is 0 Å². The molecule has 9 heteroatoms. The largest absolute Gasteiger partial charge is 2.00 e. The van der Waals surface area contributed by atoms with E-state index in [1.165, 1.54) is 13.8 Å². The van der Waals surface area contributed by atoms with Gasteiger partial charge in [-0.05, 0) is 41.5 Å². The number of Topliss-reactive ketones (excluding diaryl/α,β-unsaturated/α-hetero) is 2. The van der Waals surface area contributed by atoms with Crippen molar-refractivity contribution >= 4 is 23.5 Å². The molecule has 0 saturated heterocycles. The van der Waals surface area contributed by atoms with Crippen molar-refractivity contribution < 1.29 is 61.3 Å². The molecular weight excluding hydrogens is 368 g/mol. The smallest absolute Gasteiger partial charge is 0.550 e. The average molecular weight is 398 g/mol. The fourth-order valence-electron chi connectivity index (χ4n) is 0.407. The van der Waals surface area contributed by atoms with E-state index in [0.717, 1.165) is 0 Å². The second kappa shape index (κ2) is 30.5. The molecule has 0 fully saturated rings. The van der Waals surface area contributed by atoms with Crippen molar-refractivity contribution in [3.05, 3.63) is 13.2 Å². The zero-order chi connectivity index (χ0) is 20.9. The molecule has 0 unspecified atom stereocenters. The van der Waals surface area contributed by atoms with Gasteiger partial charge in [0.1, 0.15) is 11.6 Å². The zero-order valence-corrected chi connectivity index (χ0v) is 17.4. The molecule has 0 aliphatic rings. The van der Waals surface area contributed by atoms with Crippen molar-refractivity contribution in [3.63, 3.8) is 0 Å². The van der Waals surface area contributed by atoms with Crippen molar-refractivity contribution in [1.29, 1.82) is 0 Å². The number of aliphatic hydroxyl groups excluding tert-OH is 2. The van der Waals surface area contributed by atoms with Gasteiger partial charge in [-0.2, -0.15) is 0 Å². The predicted molar refractivity (Wildman–Crippen MR) is 86.6 cm³/mol. The summed E-state index contributed by atoms with van der Waals surface area (Å²) in [6.45, 7) is 15.3. The molecule has 0 atom stereocenters. The first kappa shape index (κ1) is 39.0. The molecule has 25 heavy (non-hydrogen) atoms. The van der Waals surface area contributed by atoms with E-state index in [9.17, 15) is 29.4 Å². The van der Waals surface area contributed by atoms with Crippen molar-refractivity contribution in [1.82, 2.24) is 0 Å². The van der Waals surface area contributed by atoms with Gasteiger partial charge in [-0.25, -0.2) is 0 Å². The third-order valence-corrected chi connectivity index (χ3v) is 0.787. The molecule has 0 amide bonds. The molecule has 2 N–H and O–H groups in total. The molecule has 0 aromatic heterocycles. The standard InChI is InChI=1S/2C4H6O3.2C3H8O.C2H4.Ti/c2*1-3(5)2-4(6)7;2*1-3(2)4;1-2;/h2*2H2,1H3,(H,6,7);2*3-4H,1-2H3;1-2H2;/q;;;;;+2/p-2. The molecule has 8 nitrogen and oxygen atoms in total. The number of rotatable bonds is 4. The molecular formula is C16H30O8Ti. The maximum absolute atomic E-state index is 9.83. The summed E-state index contributed by atoms with van der Waals surface area (Å²) in [7, 11) is 0. The van der Waals surface area contributed by atoms with Crippen molar-refractivity contribution in [2.45, 2.75) is 66.6 Å². The number of carbonyl (C=O) groups excluding carboxylic acids is 4. The van der Waals surface area contributed by atoms with Crippen LogP contribution in [0.15, 0.2) is 13.2 Å². The minimum Gasteiger partial charge on any atom is -0.550 e. The summed E-state index contributed by atoms with van der Waals surface area (Å²) in [6.07, 6.45) is -1.28. The van der Waals surface area contributed by atoms with Crippen LogP contribution in [0.1, 0.15) is 54.4 Å². The van der Waals surface area contributed by atoms with Crippen LogP contribution >= 0.6 is 0 Å². The summed E-state index contributed by atoms with van der Waals surface area (Å²) in [6, 6.07) is 0. The normalized spacial score (nSPS) is 7.60. The number of hydrogen-bond donors (Lipinski definition) is 2. The first-order valence-electron chi connectivity index (χ1n) is 6.96. The minimum atomic E-state index is -1.31. The molecule has 0 aliphatic heterocycles. The summed E-state index contributed by atoms with van der Waals surface area (Å²) in [5, 5.41) is 35.1. The Morgan fingerprint density at radius 3 is 0.880 bits per heavy atom. The number of aliphatic hydroxyl groups is 2. The van der Waals surface area contributed by atoms with E-state index in [-0.39, 0.29) is 45.5 Å². The van der Waals surface area contributed by atoms with Gasteiger partial charge in [0, 0.05) is 37.0 Å². The maximum Gasteiger partial charge on any atom is 2.00 e. The second-order valence-electron chi connectivity index (χ2n) is 4.69. The van der Waals surface area contributed by atoms with Gasteiger partial charge in [0.25, 0.3) is 0 Å². The third kappa shape index (κ3) is 218. The quantitative estimate of drug-likeness (QED) is 0.347. The Morgan fingerprint density at radius 2 is 0.880 bits per heavy atom. The monoisotopic (exact) mass is 398 g/mol. The number of hydrogen-bond acceptors (Lipinski definition) is 8. The van der Waals surface area contributed by atoms with Crippen molar-refractivity contribution in [2.24, 2.45) is 0 Å². The first-order chi connectivity index (χ1) is 10.7. The Labute approximate surface area is 164 Å². The van der Waals surface area contributed by atoms with Crippen molar-refractivity contribution in [2.75, 3.05) is 0 Å². The van der Waals surface area contributed by atoms with Crippen LogP contribution in [0.2, 0.25) is 0 Å². The Bertz CT molecular complexity index is 280. The summed E-state index contributed by atoms with van der Waals surface area (Å²) in [4.78, 5) is 38.6. The Kier molecular flexibility index (Phi) is 47.6. The number of carboxylic acid groups (broad SMARTS) is 2. The van der Waals surface area contributed by atoms with Crippen LogP contribution in [0.4, 0.5) is 0 Å². The third-order valence-electron chi connectivity index (χ3n) is 0.787. The fraction of sp³-hybridized carbons (Fsp3) is 0.625. The van der Waals surface area contributed by atoms with Gasteiger partial charge in [-0.15, -0.1) is 13.2 Å². The van der Waals surface area contributed by atoms with Gasteiger partial charge in [0.15, 0.2) is 0 Å². The van der Waals surface area contributed by atoms with Gasteiger partial charge < -0.3 is 30.0 Å². The molecule has 0 aromatic rings. The Morgan fingerprint density at radius 1 is 0.760 bits per heavy atom. The SMILES string of the molecule is C=C.CC(=O)CC(=O)[O-].CC(=O)CC(=O)[O-].CC(C)O.CC(C)O.[Ti+2]. The summed E-state index contributed by atoms with van der Waals surface area (Å²) in [5.74, 6) is -3.37. The van der Waals surface area contributed by atoms with E-state index in [2.05, 4.69) is 13.2 Å². The van der Waals surface area contributed by atoms with E-state index in [0.29, 0.717) is 0 Å². The van der Waals surface area contributed by atoms with E-state index in [1.54, 1.807) is 27.7 Å². The van der Waals surface area contributed by atoms with Gasteiger partial charge in [-0.1, -0.05) is 0 Å². The van der Waals surface area contributed by atoms with Gasteiger partial charge in [0.05, 0.1) is 0 Å². The summed E-state index contributed by atoms with van der Waals surface area (Å²) in [5.41, 5.74) is 0. The number of carbonyl (C=O) groups is 4. The number of carboxylic acids is 2. The van der Waals surface area contributed by atoms with Crippen LogP contribution in [0, 0.1) is 0 Å². The average Bonchev–Trinajstić information content (AvgIpc) is 2.26. The summed E-state index contributed by atoms with van der Waals surface area (Å²) >= 11 is 0. The summed E-state index contributed by atoms with van der Waals surface area (Å²) < 4.78 is 0. The molecule has 0 saturated carbocycles. The molecule has 0 heterocycles. The maximum atomic E-state index is 9.83. The first-order valence-corrected chi connectivity index (χ1v) is 6.96. The Hall–Kier alpha value is -1.35. The van der Waals surface area contributed by atoms with Crippen LogP contribution in [0.25, 0.3) is 0 Å². The van der Waals surface area contributed by atoms with Gasteiger partial charge in [0.2, 0.25) is 0 Å². The van der Waals surface area contributed by atoms with Crippen LogP contribution < -0.4 is 10.2 Å². The van der Waals surface area contributed by atoms with Crippen LogP contribution in [-0.4, -0.2) is 45.9 Å². The van der Waals surface area contributed by atoms with E-state index in [4.69, 9.17) is 10.2 Å². The molecule has 0 aromatic carbocycles. The molecule has 146 valence electrons. The molecule has 0 spiro atoms. The minimum absolute atomic E-state index is 0. The predicted octanol–water partition coefficient (Wildman–Crippen LogP) is -0.995. The fourth-order valence-corrected chi connectivity index (χ4v) is 0.407. The van der Waals surface area contributed by atoms with Crippen LogP contribution in [-0.2, 0) is 40.9 Å². The topological polar surface area (TPSA) is 155 Å². The van der Waals surface area contributed by atoms with E-state index in [1.807, 2.05) is 0 Å². The number of ketones is 2. The Balaban J connectivity index is -0.0000000473. The van der Waals surface area contributed by atoms with Crippen LogP contribution in [0.3, 0.4) is 0 Å². The van der Waals surface area contributed by atoms with Gasteiger partial charge in [-0.3, -0.25) is 9.59 Å². The second-order valence-corrected chi connectivity index (χ2v) is 4.69. The molecule has 0 aliphatic carbocycles. The van der Waals surface area contributed by atoms with Crippen molar-refractivity contribution in [3.8, 4) is 0 Å². The molecule has 0 rings (SSSR count). The molecule has 0 radical (unpaired) electrons.